The number of thioether (sulfide) groups is 1. The monoisotopic (exact) mass is 368 g/mol. The number of tetrazole rings is 1. The summed E-state index contributed by atoms with van der Waals surface area (Å²) in [4.78, 5) is 1.25. The average Bonchev–Trinajstić information content (AvgIpc) is 3.06. The molecule has 0 atom stereocenters. The van der Waals surface area contributed by atoms with Crippen molar-refractivity contribution in [1.82, 2.24) is 20.2 Å². The summed E-state index contributed by atoms with van der Waals surface area (Å²) < 4.78 is 2.77. The van der Waals surface area contributed by atoms with Gasteiger partial charge in [0.25, 0.3) is 0 Å². The standard InChI is InChI=1S/C12H9BrN4OS2/c13-10-5-6-19-11(10)7-20-12-14-15-16-17(12)8-1-3-9(18)4-2-8/h1-6,18H,7H2. The van der Waals surface area contributed by atoms with Crippen LogP contribution in [0.2, 0.25) is 0 Å². The summed E-state index contributed by atoms with van der Waals surface area (Å²) >= 11 is 6.78. The average molecular weight is 369 g/mol. The van der Waals surface area contributed by atoms with E-state index in [2.05, 4.69) is 31.5 Å². The fourth-order valence-electron chi connectivity index (χ4n) is 1.58. The van der Waals surface area contributed by atoms with Crippen LogP contribution in [0.5, 0.6) is 5.75 Å². The minimum absolute atomic E-state index is 0.221. The molecular formula is C12H9BrN4OS2. The molecule has 0 aliphatic heterocycles. The molecule has 0 amide bonds. The van der Waals surface area contributed by atoms with Crippen molar-refractivity contribution in [3.63, 3.8) is 0 Å². The summed E-state index contributed by atoms with van der Waals surface area (Å²) in [6.07, 6.45) is 0. The third-order valence-corrected chi connectivity index (χ3v) is 5.61. The van der Waals surface area contributed by atoms with E-state index in [-0.39, 0.29) is 5.75 Å². The zero-order chi connectivity index (χ0) is 13.9. The maximum absolute atomic E-state index is 9.31. The third-order valence-electron chi connectivity index (χ3n) is 2.56. The van der Waals surface area contributed by atoms with Crippen LogP contribution in [0, 0.1) is 0 Å². The largest absolute Gasteiger partial charge is 0.508 e. The van der Waals surface area contributed by atoms with Crippen LogP contribution in [0.15, 0.2) is 45.3 Å². The summed E-state index contributed by atoms with van der Waals surface area (Å²) in [5, 5.41) is 23.8. The van der Waals surface area contributed by atoms with Gasteiger partial charge in [-0.2, -0.15) is 4.68 Å². The molecule has 0 fully saturated rings. The highest BCUT2D eigenvalue weighted by atomic mass is 79.9. The molecule has 5 nitrogen and oxygen atoms in total. The number of nitrogens with zero attached hydrogens (tertiary/aromatic N) is 4. The van der Waals surface area contributed by atoms with E-state index in [1.807, 2.05) is 11.4 Å². The number of hydrogen-bond donors (Lipinski definition) is 1. The van der Waals surface area contributed by atoms with Crippen molar-refractivity contribution in [2.24, 2.45) is 0 Å². The van der Waals surface area contributed by atoms with Crippen molar-refractivity contribution in [3.05, 3.63) is 45.1 Å². The van der Waals surface area contributed by atoms with Crippen LogP contribution < -0.4 is 0 Å². The Hall–Kier alpha value is -1.38. The number of phenols is 1. The van der Waals surface area contributed by atoms with Gasteiger partial charge in [0, 0.05) is 15.1 Å². The third kappa shape index (κ3) is 2.87. The molecule has 2 aromatic heterocycles. The Labute approximate surface area is 131 Å². The number of hydrogen-bond acceptors (Lipinski definition) is 6. The predicted molar refractivity (Wildman–Crippen MR) is 82.4 cm³/mol. The minimum Gasteiger partial charge on any atom is -0.508 e. The first kappa shape index (κ1) is 13.6. The van der Waals surface area contributed by atoms with Crippen LogP contribution in [0.3, 0.4) is 0 Å². The molecule has 1 aromatic carbocycles. The highest BCUT2D eigenvalue weighted by Gasteiger charge is 2.10. The fraction of sp³-hybridized carbons (Fsp3) is 0.0833. The van der Waals surface area contributed by atoms with E-state index >= 15 is 0 Å². The topological polar surface area (TPSA) is 63.8 Å². The zero-order valence-corrected chi connectivity index (χ0v) is 13.3. The van der Waals surface area contributed by atoms with E-state index in [9.17, 15) is 5.11 Å². The Balaban J connectivity index is 1.80. The van der Waals surface area contributed by atoms with Gasteiger partial charge in [-0.15, -0.1) is 16.4 Å². The van der Waals surface area contributed by atoms with Gasteiger partial charge in [-0.25, -0.2) is 0 Å². The molecule has 3 aromatic rings. The Morgan fingerprint density at radius 1 is 1.25 bits per heavy atom. The molecule has 1 N–H and O–H groups in total. The number of thiophene rings is 1. The number of benzene rings is 1. The first-order valence-corrected chi connectivity index (χ1v) is 8.32. The smallest absolute Gasteiger partial charge is 0.214 e. The van der Waals surface area contributed by atoms with Gasteiger partial charge in [-0.1, -0.05) is 11.8 Å². The molecule has 0 saturated heterocycles. The summed E-state index contributed by atoms with van der Waals surface area (Å²) in [7, 11) is 0. The molecule has 0 saturated carbocycles. The number of phenolic OH excluding ortho intramolecular Hbond substituents is 1. The summed E-state index contributed by atoms with van der Waals surface area (Å²) in [6, 6.07) is 8.81. The van der Waals surface area contributed by atoms with Crippen molar-refractivity contribution in [2.75, 3.05) is 0 Å². The second kappa shape index (κ2) is 5.94. The van der Waals surface area contributed by atoms with E-state index in [1.165, 1.54) is 4.88 Å². The van der Waals surface area contributed by atoms with E-state index in [0.717, 1.165) is 21.1 Å². The van der Waals surface area contributed by atoms with Crippen LogP contribution in [0.4, 0.5) is 0 Å². The van der Waals surface area contributed by atoms with E-state index < -0.39 is 0 Å². The molecule has 0 aliphatic rings. The van der Waals surface area contributed by atoms with Crippen LogP contribution in [0.1, 0.15) is 4.88 Å². The molecule has 0 unspecified atom stereocenters. The molecule has 102 valence electrons. The molecule has 0 radical (unpaired) electrons. The number of aromatic hydroxyl groups is 1. The molecule has 3 rings (SSSR count). The lowest BCUT2D eigenvalue weighted by atomic mass is 10.3. The van der Waals surface area contributed by atoms with Gasteiger partial charge in [-0.3, -0.25) is 0 Å². The van der Waals surface area contributed by atoms with E-state index in [1.54, 1.807) is 52.0 Å². The Morgan fingerprint density at radius 3 is 2.75 bits per heavy atom. The van der Waals surface area contributed by atoms with Gasteiger partial charge < -0.3 is 5.11 Å². The van der Waals surface area contributed by atoms with Crippen molar-refractivity contribution in [3.8, 4) is 11.4 Å². The fourth-order valence-corrected chi connectivity index (χ4v) is 4.27. The second-order valence-corrected chi connectivity index (χ2v) is 6.67. The lowest BCUT2D eigenvalue weighted by Gasteiger charge is -2.04. The summed E-state index contributed by atoms with van der Waals surface area (Å²) in [6.45, 7) is 0. The Bertz CT molecular complexity index is 710. The van der Waals surface area contributed by atoms with Gasteiger partial charge in [0.2, 0.25) is 5.16 Å². The predicted octanol–water partition coefficient (Wildman–Crippen LogP) is 3.48. The van der Waals surface area contributed by atoms with Gasteiger partial charge in [0.1, 0.15) is 5.75 Å². The van der Waals surface area contributed by atoms with Crippen molar-refractivity contribution < 1.29 is 5.11 Å². The lowest BCUT2D eigenvalue weighted by molar-refractivity contribution is 0.475. The van der Waals surface area contributed by atoms with Crippen LogP contribution in [0.25, 0.3) is 5.69 Å². The molecular weight excluding hydrogens is 360 g/mol. The zero-order valence-electron chi connectivity index (χ0n) is 10.1. The molecule has 0 spiro atoms. The maximum atomic E-state index is 9.31. The molecule has 2 heterocycles. The second-order valence-electron chi connectivity index (χ2n) is 3.87. The maximum Gasteiger partial charge on any atom is 0.214 e. The first-order chi connectivity index (χ1) is 9.74. The first-order valence-electron chi connectivity index (χ1n) is 5.66. The van der Waals surface area contributed by atoms with Crippen molar-refractivity contribution in [2.45, 2.75) is 10.9 Å². The van der Waals surface area contributed by atoms with Gasteiger partial charge in [-0.05, 0) is 62.1 Å². The number of rotatable bonds is 4. The van der Waals surface area contributed by atoms with Gasteiger partial charge in [0.15, 0.2) is 0 Å². The van der Waals surface area contributed by atoms with E-state index in [0.29, 0.717) is 0 Å². The molecule has 0 aliphatic carbocycles. The highest BCUT2D eigenvalue weighted by Crippen LogP contribution is 2.30. The van der Waals surface area contributed by atoms with E-state index in [4.69, 9.17) is 0 Å². The SMILES string of the molecule is Oc1ccc(-n2nnnc2SCc2sccc2Br)cc1. The van der Waals surface area contributed by atoms with Crippen molar-refractivity contribution in [1.29, 1.82) is 0 Å². The van der Waals surface area contributed by atoms with Gasteiger partial charge in [0.05, 0.1) is 5.69 Å². The number of halogens is 1. The molecule has 8 heteroatoms. The summed E-state index contributed by atoms with van der Waals surface area (Å²) in [5.74, 6) is 1.02. The van der Waals surface area contributed by atoms with Crippen molar-refractivity contribution >= 4 is 39.0 Å². The minimum atomic E-state index is 0.221. The van der Waals surface area contributed by atoms with Crippen LogP contribution >= 0.6 is 39.0 Å². The Kier molecular flexibility index (Phi) is 4.04. The number of aromatic nitrogens is 4. The van der Waals surface area contributed by atoms with Gasteiger partial charge >= 0.3 is 0 Å². The molecule has 0 bridgehead atoms. The lowest BCUT2D eigenvalue weighted by Crippen LogP contribution is -1.98. The normalized spacial score (nSPS) is 10.8. The highest BCUT2D eigenvalue weighted by molar-refractivity contribution is 9.10. The molecule has 20 heavy (non-hydrogen) atoms. The van der Waals surface area contributed by atoms with Crippen LogP contribution in [-0.2, 0) is 5.75 Å². The van der Waals surface area contributed by atoms with Crippen LogP contribution in [-0.4, -0.2) is 25.3 Å². The quantitative estimate of drug-likeness (QED) is 0.714. The Morgan fingerprint density at radius 2 is 2.05 bits per heavy atom. The summed E-state index contributed by atoms with van der Waals surface area (Å²) in [5.41, 5.74) is 0.820.